The van der Waals surface area contributed by atoms with Crippen molar-refractivity contribution in [1.29, 1.82) is 0 Å². The average molecular weight is 451 g/mol. The maximum Gasteiger partial charge on any atom is 0.291 e. The second-order valence-electron chi connectivity index (χ2n) is 5.99. The predicted octanol–water partition coefficient (Wildman–Crippen LogP) is 3.78. The Morgan fingerprint density at radius 3 is 2.54 bits per heavy atom. The van der Waals surface area contributed by atoms with Gasteiger partial charge in [0.1, 0.15) is 16.1 Å². The van der Waals surface area contributed by atoms with Crippen LogP contribution >= 0.6 is 27.3 Å². The van der Waals surface area contributed by atoms with Gasteiger partial charge in [0.15, 0.2) is 5.82 Å². The fraction of sp³-hybridized carbons (Fsp3) is 0. The minimum Gasteiger partial charge on any atom is -0.457 e. The van der Waals surface area contributed by atoms with Crippen LogP contribution in [0.25, 0.3) is 33.7 Å². The van der Waals surface area contributed by atoms with Crippen molar-refractivity contribution in [1.82, 2.24) is 19.6 Å². The van der Waals surface area contributed by atoms with Crippen molar-refractivity contribution in [2.75, 3.05) is 0 Å². The smallest absolute Gasteiger partial charge is 0.291 e. The van der Waals surface area contributed by atoms with Gasteiger partial charge < -0.3 is 4.42 Å². The summed E-state index contributed by atoms with van der Waals surface area (Å²) in [5.74, 6) is 1.85. The topological polar surface area (TPSA) is 73.3 Å². The second kappa shape index (κ2) is 6.81. The summed E-state index contributed by atoms with van der Waals surface area (Å²) >= 11 is 4.70. The lowest BCUT2D eigenvalue weighted by atomic mass is 10.2. The van der Waals surface area contributed by atoms with Crippen LogP contribution < -0.4 is 10.1 Å². The molecule has 1 aromatic carbocycles. The van der Waals surface area contributed by atoms with Crippen LogP contribution in [0.3, 0.4) is 0 Å². The summed E-state index contributed by atoms with van der Waals surface area (Å²) in [6.45, 7) is 0. The Kier molecular flexibility index (Phi) is 4.14. The van der Waals surface area contributed by atoms with Gasteiger partial charge in [0.25, 0.3) is 5.56 Å². The van der Waals surface area contributed by atoms with Crippen LogP contribution in [0.2, 0.25) is 0 Å². The first kappa shape index (κ1) is 17.0. The second-order valence-corrected chi connectivity index (χ2v) is 7.92. The Hall–Kier alpha value is -3.10. The van der Waals surface area contributed by atoms with Gasteiger partial charge in [-0.2, -0.15) is 9.50 Å². The highest BCUT2D eigenvalue weighted by Gasteiger charge is 2.12. The molecule has 0 aliphatic rings. The van der Waals surface area contributed by atoms with Crippen molar-refractivity contribution in [3.05, 3.63) is 86.0 Å². The number of nitrogens with zero attached hydrogens (tertiary/aromatic N) is 4. The van der Waals surface area contributed by atoms with Crippen LogP contribution in [-0.4, -0.2) is 19.6 Å². The maximum absolute atomic E-state index is 12.7. The molecule has 0 atom stereocenters. The first-order valence-corrected chi connectivity index (χ1v) is 9.96. The molecule has 0 aliphatic carbocycles. The summed E-state index contributed by atoms with van der Waals surface area (Å²) in [4.78, 5) is 21.7. The van der Waals surface area contributed by atoms with E-state index in [0.717, 1.165) is 21.4 Å². The van der Waals surface area contributed by atoms with Gasteiger partial charge in [-0.3, -0.25) is 9.78 Å². The van der Waals surface area contributed by atoms with Gasteiger partial charge in [-0.15, -0.1) is 5.10 Å². The van der Waals surface area contributed by atoms with E-state index >= 15 is 0 Å². The van der Waals surface area contributed by atoms with E-state index in [4.69, 9.17) is 4.42 Å². The largest absolute Gasteiger partial charge is 0.457 e. The third-order valence-corrected chi connectivity index (χ3v) is 5.64. The van der Waals surface area contributed by atoms with Gasteiger partial charge in [-0.05, 0) is 36.4 Å². The van der Waals surface area contributed by atoms with Crippen molar-refractivity contribution in [3.8, 4) is 22.7 Å². The summed E-state index contributed by atoms with van der Waals surface area (Å²) < 4.78 is 8.73. The number of benzene rings is 1. The number of hydrogen-bond donors (Lipinski definition) is 0. The van der Waals surface area contributed by atoms with Crippen molar-refractivity contribution >= 4 is 38.3 Å². The van der Waals surface area contributed by atoms with E-state index in [9.17, 15) is 4.79 Å². The fourth-order valence-electron chi connectivity index (χ4n) is 2.79. The zero-order valence-electron chi connectivity index (χ0n) is 14.2. The van der Waals surface area contributed by atoms with Gasteiger partial charge in [-0.25, -0.2) is 0 Å². The van der Waals surface area contributed by atoms with Gasteiger partial charge in [0, 0.05) is 34.1 Å². The molecule has 0 N–H and O–H groups in total. The molecule has 0 spiro atoms. The molecule has 0 amide bonds. The molecule has 0 fully saturated rings. The third kappa shape index (κ3) is 3.06. The highest BCUT2D eigenvalue weighted by atomic mass is 79.9. The normalized spacial score (nSPS) is 12.1. The molecular formula is C20H11BrN4O2S. The Morgan fingerprint density at radius 1 is 1.00 bits per heavy atom. The SMILES string of the molecule is O=c1c(=Cc2ccc(-c3ccc(Br)cc3)o2)sc2nc(-c3ccncc3)nn12. The van der Waals surface area contributed by atoms with Crippen LogP contribution in [0.1, 0.15) is 5.76 Å². The lowest BCUT2D eigenvalue weighted by Crippen LogP contribution is -2.23. The van der Waals surface area contributed by atoms with Crippen molar-refractivity contribution in [2.45, 2.75) is 0 Å². The molecule has 4 aromatic heterocycles. The van der Waals surface area contributed by atoms with E-state index < -0.39 is 0 Å². The summed E-state index contributed by atoms with van der Waals surface area (Å²) in [7, 11) is 0. The van der Waals surface area contributed by atoms with E-state index in [1.807, 2.05) is 48.5 Å². The van der Waals surface area contributed by atoms with Gasteiger partial charge in [-0.1, -0.05) is 39.4 Å². The van der Waals surface area contributed by atoms with Crippen molar-refractivity contribution in [3.63, 3.8) is 0 Å². The van der Waals surface area contributed by atoms with E-state index in [-0.39, 0.29) is 5.56 Å². The number of fused-ring (bicyclic) bond motifs is 1. The molecule has 6 nitrogen and oxygen atoms in total. The summed E-state index contributed by atoms with van der Waals surface area (Å²) in [5.41, 5.74) is 1.57. The number of aromatic nitrogens is 4. The lowest BCUT2D eigenvalue weighted by molar-refractivity contribution is 0.571. The molecule has 28 heavy (non-hydrogen) atoms. The number of thiazole rings is 1. The number of rotatable bonds is 3. The van der Waals surface area contributed by atoms with Crippen LogP contribution in [0, 0.1) is 0 Å². The molecule has 8 heteroatoms. The first-order chi connectivity index (χ1) is 13.7. The Balaban J connectivity index is 1.52. The zero-order valence-corrected chi connectivity index (χ0v) is 16.6. The lowest BCUT2D eigenvalue weighted by Gasteiger charge is -1.96. The van der Waals surface area contributed by atoms with Crippen LogP contribution in [0.5, 0.6) is 0 Å². The Bertz CT molecular complexity index is 1390. The third-order valence-electron chi connectivity index (χ3n) is 4.15. The number of pyridine rings is 1. The number of halogens is 1. The summed E-state index contributed by atoms with van der Waals surface area (Å²) in [6.07, 6.45) is 5.06. The monoisotopic (exact) mass is 450 g/mol. The molecule has 136 valence electrons. The average Bonchev–Trinajstić information content (AvgIpc) is 3.41. The van der Waals surface area contributed by atoms with Crippen molar-refractivity contribution < 1.29 is 4.42 Å². The van der Waals surface area contributed by atoms with E-state index in [1.165, 1.54) is 15.9 Å². The van der Waals surface area contributed by atoms with E-state index in [1.54, 1.807) is 18.5 Å². The van der Waals surface area contributed by atoms with Crippen molar-refractivity contribution in [2.24, 2.45) is 0 Å². The minimum absolute atomic E-state index is 0.214. The minimum atomic E-state index is -0.214. The van der Waals surface area contributed by atoms with E-state index in [0.29, 0.717) is 21.1 Å². The Labute approximate surface area is 170 Å². The van der Waals surface area contributed by atoms with Crippen LogP contribution in [-0.2, 0) is 0 Å². The maximum atomic E-state index is 12.7. The quantitative estimate of drug-likeness (QED) is 0.418. The molecule has 0 saturated carbocycles. The molecule has 0 unspecified atom stereocenters. The van der Waals surface area contributed by atoms with E-state index in [2.05, 4.69) is 31.0 Å². The molecule has 0 aliphatic heterocycles. The standard InChI is InChI=1S/C20H11BrN4O2S/c21-14-3-1-12(2-4-14)16-6-5-15(27-16)11-17-19(26)25-20(28-17)23-18(24-25)13-7-9-22-10-8-13/h1-11H. The van der Waals surface area contributed by atoms with Crippen LogP contribution in [0.15, 0.2) is 74.6 Å². The van der Waals surface area contributed by atoms with Gasteiger partial charge in [0.05, 0.1) is 0 Å². The van der Waals surface area contributed by atoms with Gasteiger partial charge in [0.2, 0.25) is 4.96 Å². The molecule has 4 heterocycles. The Morgan fingerprint density at radius 2 is 1.79 bits per heavy atom. The highest BCUT2D eigenvalue weighted by molar-refractivity contribution is 9.10. The molecule has 5 aromatic rings. The zero-order chi connectivity index (χ0) is 19.1. The predicted molar refractivity (Wildman–Crippen MR) is 111 cm³/mol. The fourth-order valence-corrected chi connectivity index (χ4v) is 3.94. The molecule has 0 bridgehead atoms. The molecule has 0 saturated heterocycles. The molecular weight excluding hydrogens is 440 g/mol. The highest BCUT2D eigenvalue weighted by Crippen LogP contribution is 2.24. The summed E-state index contributed by atoms with van der Waals surface area (Å²) in [5, 5.41) is 4.33. The van der Waals surface area contributed by atoms with Crippen LogP contribution in [0.4, 0.5) is 0 Å². The molecule has 0 radical (unpaired) electrons. The summed E-state index contributed by atoms with van der Waals surface area (Å²) in [6, 6.07) is 15.2. The number of furan rings is 1. The first-order valence-electron chi connectivity index (χ1n) is 8.35. The number of hydrogen-bond acceptors (Lipinski definition) is 6. The van der Waals surface area contributed by atoms with Gasteiger partial charge >= 0.3 is 0 Å². The molecule has 5 rings (SSSR count).